The molecule has 0 aromatic carbocycles. The van der Waals surface area contributed by atoms with Crippen LogP contribution in [0.4, 0.5) is 0 Å². The first kappa shape index (κ1) is 17.5. The number of nitrogens with zero attached hydrogens (tertiary/aromatic N) is 1. The smallest absolute Gasteiger partial charge is 0.211 e. The van der Waals surface area contributed by atoms with Crippen LogP contribution in [0, 0.1) is 0 Å². The molecule has 1 aliphatic carbocycles. The Kier molecular flexibility index (Phi) is 7.97. The summed E-state index contributed by atoms with van der Waals surface area (Å²) in [5.41, 5.74) is -2.05. The highest BCUT2D eigenvalue weighted by Gasteiger charge is 2.22. The molecular formula is C13H27N2OPS2. The second kappa shape index (κ2) is 8.66. The van der Waals surface area contributed by atoms with Gasteiger partial charge in [0.15, 0.2) is 0 Å². The summed E-state index contributed by atoms with van der Waals surface area (Å²) in [5.74, 6) is 0. The molecule has 0 bridgehead atoms. The maximum atomic E-state index is 5.96. The molecule has 0 aliphatic heterocycles. The van der Waals surface area contributed by atoms with E-state index in [1.807, 2.05) is 20.2 Å². The quantitative estimate of drug-likeness (QED) is 0.398. The van der Waals surface area contributed by atoms with Gasteiger partial charge in [-0.2, -0.15) is 0 Å². The minimum absolute atomic E-state index is 0.148. The Labute approximate surface area is 127 Å². The van der Waals surface area contributed by atoms with E-state index in [4.69, 9.17) is 16.3 Å². The largest absolute Gasteiger partial charge is 0.324 e. The molecule has 2 atom stereocenters. The molecule has 112 valence electrons. The summed E-state index contributed by atoms with van der Waals surface area (Å²) >= 11 is 7.47. The van der Waals surface area contributed by atoms with Gasteiger partial charge in [0.05, 0.1) is 18.5 Å². The molecule has 3 nitrogen and oxygen atoms in total. The van der Waals surface area contributed by atoms with Crippen molar-refractivity contribution in [2.45, 2.75) is 77.2 Å². The first-order valence-electron chi connectivity index (χ1n) is 7.21. The maximum absolute atomic E-state index is 5.96. The number of hydrogen-bond donors (Lipinski definition) is 1. The number of nitrogens with one attached hydrogen (secondary N) is 1. The predicted octanol–water partition coefficient (Wildman–Crippen LogP) is 4.73. The van der Waals surface area contributed by atoms with E-state index < -0.39 is 5.62 Å². The van der Waals surface area contributed by atoms with E-state index in [1.165, 1.54) is 25.7 Å². The van der Waals surface area contributed by atoms with Crippen LogP contribution >= 0.6 is 17.0 Å². The molecule has 0 spiro atoms. The third-order valence-electron chi connectivity index (χ3n) is 3.07. The summed E-state index contributed by atoms with van der Waals surface area (Å²) in [6, 6.07) is 0.489. The zero-order chi connectivity index (χ0) is 14.3. The van der Waals surface area contributed by atoms with E-state index in [0.29, 0.717) is 11.3 Å². The lowest BCUT2D eigenvalue weighted by atomic mass is 10.3. The lowest BCUT2D eigenvalue weighted by Gasteiger charge is -2.26. The molecular weight excluding hydrogens is 295 g/mol. The third kappa shape index (κ3) is 7.12. The molecule has 2 unspecified atom stereocenters. The molecule has 0 radical (unpaired) electrons. The SMILES string of the molecule is CCC(C)SP(=S)(NC=NC1CCCC1)OC(C)C. The summed E-state index contributed by atoms with van der Waals surface area (Å²) < 4.78 is 5.96. The maximum Gasteiger partial charge on any atom is 0.211 e. The van der Waals surface area contributed by atoms with Crippen molar-refractivity contribution in [1.82, 2.24) is 5.09 Å². The van der Waals surface area contributed by atoms with E-state index in [1.54, 1.807) is 11.4 Å². The van der Waals surface area contributed by atoms with Crippen molar-refractivity contribution in [3.05, 3.63) is 0 Å². The fraction of sp³-hybridized carbons (Fsp3) is 0.923. The summed E-state index contributed by atoms with van der Waals surface area (Å²) in [7, 11) is 0. The van der Waals surface area contributed by atoms with E-state index in [0.717, 1.165) is 6.42 Å². The summed E-state index contributed by atoms with van der Waals surface area (Å²) in [5, 5.41) is 3.81. The van der Waals surface area contributed by atoms with E-state index in [2.05, 4.69) is 23.9 Å². The van der Waals surface area contributed by atoms with Crippen molar-refractivity contribution >= 4 is 35.1 Å². The fourth-order valence-electron chi connectivity index (χ4n) is 1.94. The minimum atomic E-state index is -2.05. The van der Waals surface area contributed by atoms with Crippen LogP contribution in [0.5, 0.6) is 0 Å². The lowest BCUT2D eigenvalue weighted by Crippen LogP contribution is -2.14. The van der Waals surface area contributed by atoms with Gasteiger partial charge in [-0.05, 0) is 44.9 Å². The second-order valence-electron chi connectivity index (χ2n) is 5.32. The third-order valence-corrected chi connectivity index (χ3v) is 9.01. The summed E-state index contributed by atoms with van der Waals surface area (Å²) in [6.45, 7) is 8.45. The highest BCUT2D eigenvalue weighted by atomic mass is 32.9. The normalized spacial score (nSPS) is 21.9. The van der Waals surface area contributed by atoms with Gasteiger partial charge in [-0.3, -0.25) is 4.99 Å². The van der Waals surface area contributed by atoms with Crippen molar-refractivity contribution in [2.24, 2.45) is 4.99 Å². The Bertz CT molecular complexity index is 331. The number of aliphatic imine (C=N–C) groups is 1. The van der Waals surface area contributed by atoms with Crippen LogP contribution in [0.15, 0.2) is 4.99 Å². The van der Waals surface area contributed by atoms with E-state index in [9.17, 15) is 0 Å². The molecule has 6 heteroatoms. The van der Waals surface area contributed by atoms with Crippen LogP contribution in [-0.4, -0.2) is 23.7 Å². The average Bonchev–Trinajstić information content (AvgIpc) is 2.80. The van der Waals surface area contributed by atoms with Gasteiger partial charge in [0.25, 0.3) is 0 Å². The summed E-state index contributed by atoms with van der Waals surface area (Å²) in [4.78, 5) is 4.58. The Balaban J connectivity index is 2.54. The molecule has 0 aromatic rings. The van der Waals surface area contributed by atoms with Crippen molar-refractivity contribution in [2.75, 3.05) is 0 Å². The highest BCUT2D eigenvalue weighted by molar-refractivity contribution is 8.69. The zero-order valence-corrected chi connectivity index (χ0v) is 15.0. The first-order valence-corrected chi connectivity index (χ1v) is 11.4. The van der Waals surface area contributed by atoms with Crippen LogP contribution in [-0.2, 0) is 16.3 Å². The molecule has 1 rings (SSSR count). The van der Waals surface area contributed by atoms with Crippen LogP contribution in [0.3, 0.4) is 0 Å². The molecule has 19 heavy (non-hydrogen) atoms. The molecule has 0 aromatic heterocycles. The van der Waals surface area contributed by atoms with Gasteiger partial charge in [-0.25, -0.2) is 0 Å². The molecule has 1 N–H and O–H groups in total. The Hall–Kier alpha value is 0.430. The second-order valence-corrected chi connectivity index (χ2v) is 12.2. The highest BCUT2D eigenvalue weighted by Crippen LogP contribution is 2.59. The van der Waals surface area contributed by atoms with Crippen molar-refractivity contribution < 1.29 is 4.52 Å². The van der Waals surface area contributed by atoms with Crippen LogP contribution in [0.2, 0.25) is 0 Å². The van der Waals surface area contributed by atoms with Gasteiger partial charge >= 0.3 is 0 Å². The molecule has 1 aliphatic rings. The topological polar surface area (TPSA) is 33.6 Å². The zero-order valence-electron chi connectivity index (χ0n) is 12.5. The van der Waals surface area contributed by atoms with Crippen LogP contribution < -0.4 is 5.09 Å². The molecule has 0 heterocycles. The Morgan fingerprint density at radius 3 is 2.58 bits per heavy atom. The average molecular weight is 322 g/mol. The molecule has 1 fully saturated rings. The number of hydrogen-bond acceptors (Lipinski definition) is 4. The van der Waals surface area contributed by atoms with Gasteiger partial charge in [0.2, 0.25) is 5.62 Å². The Morgan fingerprint density at radius 2 is 2.05 bits per heavy atom. The molecule has 0 amide bonds. The number of rotatable bonds is 8. The van der Waals surface area contributed by atoms with Crippen LogP contribution in [0.1, 0.15) is 59.8 Å². The van der Waals surface area contributed by atoms with Crippen molar-refractivity contribution in [1.29, 1.82) is 0 Å². The van der Waals surface area contributed by atoms with Gasteiger partial charge in [-0.1, -0.05) is 38.1 Å². The van der Waals surface area contributed by atoms with Gasteiger partial charge in [0.1, 0.15) is 0 Å². The Morgan fingerprint density at radius 1 is 1.42 bits per heavy atom. The molecule has 0 saturated heterocycles. The van der Waals surface area contributed by atoms with E-state index in [-0.39, 0.29) is 6.10 Å². The lowest BCUT2D eigenvalue weighted by molar-refractivity contribution is 0.274. The van der Waals surface area contributed by atoms with Crippen molar-refractivity contribution in [3.8, 4) is 0 Å². The van der Waals surface area contributed by atoms with Gasteiger partial charge in [0, 0.05) is 5.25 Å². The van der Waals surface area contributed by atoms with Crippen molar-refractivity contribution in [3.63, 3.8) is 0 Å². The van der Waals surface area contributed by atoms with E-state index >= 15 is 0 Å². The standard InChI is InChI=1S/C13H27N2OPS2/c1-5-12(4)19-17(18,16-11(2)3)15-10-14-13-8-6-7-9-13/h10-13H,5-9H2,1-4H3,(H,14,15,18). The monoisotopic (exact) mass is 322 g/mol. The predicted molar refractivity (Wildman–Crippen MR) is 91.7 cm³/mol. The van der Waals surface area contributed by atoms with Gasteiger partial charge < -0.3 is 9.61 Å². The molecule has 1 saturated carbocycles. The summed E-state index contributed by atoms with van der Waals surface area (Å²) in [6.07, 6.45) is 8.10. The minimum Gasteiger partial charge on any atom is -0.324 e. The first-order chi connectivity index (χ1) is 8.95. The fourth-order valence-corrected chi connectivity index (χ4v) is 8.33. The van der Waals surface area contributed by atoms with Crippen LogP contribution in [0.25, 0.3) is 0 Å². The van der Waals surface area contributed by atoms with Gasteiger partial charge in [-0.15, -0.1) is 0 Å².